The standard InChI is InChI=1S/C31H28N2O3S/c1-3-36-30(22-11-5-4-6-12-22)28-25-14-8-10-16-27(25)33(37(34,35)23-19-17-21(2)18-20-23)31-29(28)24-13-7-9-15-26(24)32-31/h4-20,28,30,32H,3H2,1-2H3/t28-,30+/m0/s1. The lowest BCUT2D eigenvalue weighted by Gasteiger charge is -2.38. The number of anilines is 2. The Kier molecular flexibility index (Phi) is 5.86. The minimum atomic E-state index is -3.92. The Bertz CT molecular complexity index is 1680. The van der Waals surface area contributed by atoms with Crippen molar-refractivity contribution in [1.29, 1.82) is 0 Å². The van der Waals surface area contributed by atoms with Gasteiger partial charge in [-0.25, -0.2) is 12.7 Å². The van der Waals surface area contributed by atoms with Gasteiger partial charge in [-0.2, -0.15) is 0 Å². The lowest BCUT2D eigenvalue weighted by atomic mass is 9.80. The number of hydrogen-bond donors (Lipinski definition) is 1. The molecule has 0 bridgehead atoms. The number of nitrogens with zero attached hydrogens (tertiary/aromatic N) is 1. The summed E-state index contributed by atoms with van der Waals surface area (Å²) in [6.07, 6.45) is -0.297. The molecule has 1 aliphatic rings. The molecule has 0 aliphatic carbocycles. The molecule has 0 spiro atoms. The SMILES string of the molecule is CCO[C@H](c1ccccc1)[C@H]1c2ccccc2N(S(=O)(=O)c2ccc(C)cc2)c2[nH]c3ccccc3c21. The van der Waals surface area contributed by atoms with Gasteiger partial charge >= 0.3 is 0 Å². The van der Waals surface area contributed by atoms with Crippen LogP contribution in [0, 0.1) is 6.92 Å². The van der Waals surface area contributed by atoms with E-state index in [0.717, 1.165) is 33.2 Å². The lowest BCUT2D eigenvalue weighted by Crippen LogP contribution is -2.33. The molecule has 0 saturated carbocycles. The van der Waals surface area contributed by atoms with Crippen molar-refractivity contribution in [2.75, 3.05) is 10.9 Å². The maximum atomic E-state index is 14.2. The average Bonchev–Trinajstić information content (AvgIpc) is 3.30. The highest BCUT2D eigenvalue weighted by Gasteiger charge is 2.43. The fourth-order valence-corrected chi connectivity index (χ4v) is 6.92. The van der Waals surface area contributed by atoms with Crippen LogP contribution in [-0.4, -0.2) is 20.0 Å². The Morgan fingerprint density at radius 2 is 1.54 bits per heavy atom. The van der Waals surface area contributed by atoms with Crippen molar-refractivity contribution in [3.8, 4) is 0 Å². The normalized spacial score (nSPS) is 15.8. The second-order valence-corrected chi connectivity index (χ2v) is 11.1. The number of H-pyrrole nitrogens is 1. The van der Waals surface area contributed by atoms with Crippen LogP contribution in [0.2, 0.25) is 0 Å². The van der Waals surface area contributed by atoms with Gasteiger partial charge in [-0.15, -0.1) is 0 Å². The van der Waals surface area contributed by atoms with Gasteiger partial charge in [0.25, 0.3) is 10.0 Å². The van der Waals surface area contributed by atoms with E-state index in [4.69, 9.17) is 4.74 Å². The molecule has 0 saturated heterocycles. The van der Waals surface area contributed by atoms with Gasteiger partial charge in [0.1, 0.15) is 5.82 Å². The summed E-state index contributed by atoms with van der Waals surface area (Å²) >= 11 is 0. The summed E-state index contributed by atoms with van der Waals surface area (Å²) in [5.41, 5.74) is 5.41. The van der Waals surface area contributed by atoms with Crippen LogP contribution < -0.4 is 4.31 Å². The number of rotatable bonds is 6. The van der Waals surface area contributed by atoms with Crippen LogP contribution in [0.4, 0.5) is 11.5 Å². The van der Waals surface area contributed by atoms with Crippen molar-refractivity contribution in [2.24, 2.45) is 0 Å². The molecule has 6 heteroatoms. The largest absolute Gasteiger partial charge is 0.373 e. The Morgan fingerprint density at radius 1 is 0.865 bits per heavy atom. The van der Waals surface area contributed by atoms with Crippen molar-refractivity contribution < 1.29 is 13.2 Å². The summed E-state index contributed by atoms with van der Waals surface area (Å²) < 4.78 is 36.4. The Morgan fingerprint density at radius 3 is 2.30 bits per heavy atom. The number of para-hydroxylation sites is 2. The van der Waals surface area contributed by atoms with Crippen LogP contribution in [-0.2, 0) is 14.8 Å². The van der Waals surface area contributed by atoms with Gasteiger partial charge < -0.3 is 9.72 Å². The summed E-state index contributed by atoms with van der Waals surface area (Å²) in [6, 6.07) is 33.0. The minimum Gasteiger partial charge on any atom is -0.373 e. The molecule has 186 valence electrons. The fraction of sp³-hybridized carbons (Fsp3) is 0.161. The highest BCUT2D eigenvalue weighted by atomic mass is 32.2. The van der Waals surface area contributed by atoms with Crippen LogP contribution in [0.25, 0.3) is 10.9 Å². The quantitative estimate of drug-likeness (QED) is 0.263. The molecule has 37 heavy (non-hydrogen) atoms. The topological polar surface area (TPSA) is 62.4 Å². The van der Waals surface area contributed by atoms with Crippen LogP contribution in [0.3, 0.4) is 0 Å². The first-order valence-electron chi connectivity index (χ1n) is 12.5. The summed E-state index contributed by atoms with van der Waals surface area (Å²) in [5, 5.41) is 0.988. The number of fused-ring (bicyclic) bond motifs is 4. The van der Waals surface area contributed by atoms with Crippen molar-refractivity contribution in [1.82, 2.24) is 4.98 Å². The molecule has 4 aromatic carbocycles. The van der Waals surface area contributed by atoms with E-state index in [1.165, 1.54) is 4.31 Å². The first-order chi connectivity index (χ1) is 18.0. The molecular weight excluding hydrogens is 480 g/mol. The maximum absolute atomic E-state index is 14.2. The molecule has 1 aliphatic heterocycles. The molecule has 6 rings (SSSR count). The van der Waals surface area contributed by atoms with E-state index in [1.54, 1.807) is 12.1 Å². The number of aromatic amines is 1. The Labute approximate surface area is 217 Å². The predicted octanol–water partition coefficient (Wildman–Crippen LogP) is 7.23. The van der Waals surface area contributed by atoms with Gasteiger partial charge in [-0.3, -0.25) is 0 Å². The zero-order chi connectivity index (χ0) is 25.6. The highest BCUT2D eigenvalue weighted by molar-refractivity contribution is 7.93. The third-order valence-corrected chi connectivity index (χ3v) is 8.79. The van der Waals surface area contributed by atoms with Crippen LogP contribution in [0.15, 0.2) is 108 Å². The monoisotopic (exact) mass is 508 g/mol. The summed E-state index contributed by atoms with van der Waals surface area (Å²) in [7, 11) is -3.92. The first kappa shape index (κ1) is 23.5. The Hall–Kier alpha value is -3.87. The number of benzene rings is 4. The number of hydrogen-bond acceptors (Lipinski definition) is 3. The number of ether oxygens (including phenoxy) is 1. The number of aromatic nitrogens is 1. The number of aryl methyl sites for hydroxylation is 1. The Balaban J connectivity index is 1.66. The van der Waals surface area contributed by atoms with E-state index in [9.17, 15) is 8.42 Å². The van der Waals surface area contributed by atoms with Crippen molar-refractivity contribution in [2.45, 2.75) is 30.8 Å². The second-order valence-electron chi connectivity index (χ2n) is 9.34. The smallest absolute Gasteiger partial charge is 0.269 e. The second kappa shape index (κ2) is 9.21. The van der Waals surface area contributed by atoms with Gasteiger partial charge in [0.2, 0.25) is 0 Å². The summed E-state index contributed by atoms with van der Waals surface area (Å²) in [5.74, 6) is 0.347. The fourth-order valence-electron chi connectivity index (χ4n) is 5.42. The molecular formula is C31H28N2O3S. The van der Waals surface area contributed by atoms with Gasteiger partial charge in [-0.1, -0.05) is 84.4 Å². The van der Waals surface area contributed by atoms with E-state index in [2.05, 4.69) is 23.2 Å². The van der Waals surface area contributed by atoms with Crippen molar-refractivity contribution in [3.05, 3.63) is 125 Å². The predicted molar refractivity (Wildman–Crippen MR) is 148 cm³/mol. The van der Waals surface area contributed by atoms with E-state index in [-0.39, 0.29) is 16.9 Å². The van der Waals surface area contributed by atoms with Crippen molar-refractivity contribution >= 4 is 32.4 Å². The molecule has 0 amide bonds. The van der Waals surface area contributed by atoms with Gasteiger partial charge in [0.05, 0.1) is 16.7 Å². The summed E-state index contributed by atoms with van der Waals surface area (Å²) in [4.78, 5) is 3.71. The number of nitrogens with one attached hydrogen (secondary N) is 1. The molecule has 1 aromatic heterocycles. The molecule has 2 atom stereocenters. The molecule has 5 aromatic rings. The molecule has 1 N–H and O–H groups in total. The van der Waals surface area contributed by atoms with Gasteiger partial charge in [0, 0.05) is 29.0 Å². The van der Waals surface area contributed by atoms with Crippen LogP contribution in [0.5, 0.6) is 0 Å². The molecule has 0 fully saturated rings. The van der Waals surface area contributed by atoms with E-state index < -0.39 is 10.0 Å². The van der Waals surface area contributed by atoms with Crippen molar-refractivity contribution in [3.63, 3.8) is 0 Å². The van der Waals surface area contributed by atoms with Gasteiger partial charge in [-0.05, 0) is 49.2 Å². The molecule has 0 radical (unpaired) electrons. The minimum absolute atomic E-state index is 0.214. The third-order valence-electron chi connectivity index (χ3n) is 7.07. The number of sulfonamides is 1. The van der Waals surface area contributed by atoms with E-state index in [1.807, 2.05) is 86.6 Å². The average molecular weight is 509 g/mol. The van der Waals surface area contributed by atoms with E-state index >= 15 is 0 Å². The zero-order valence-electron chi connectivity index (χ0n) is 20.8. The van der Waals surface area contributed by atoms with Gasteiger partial charge in [0.15, 0.2) is 0 Å². The zero-order valence-corrected chi connectivity index (χ0v) is 21.6. The molecule has 0 unspecified atom stereocenters. The molecule has 2 heterocycles. The highest BCUT2D eigenvalue weighted by Crippen LogP contribution is 2.54. The van der Waals surface area contributed by atoms with Crippen LogP contribution >= 0.6 is 0 Å². The maximum Gasteiger partial charge on any atom is 0.269 e. The first-order valence-corrected chi connectivity index (χ1v) is 13.9. The molecule has 5 nitrogen and oxygen atoms in total. The third kappa shape index (κ3) is 3.84. The summed E-state index contributed by atoms with van der Waals surface area (Å²) in [6.45, 7) is 4.47. The lowest BCUT2D eigenvalue weighted by molar-refractivity contribution is 0.0507. The van der Waals surface area contributed by atoms with Crippen LogP contribution in [0.1, 0.15) is 41.2 Å². The van der Waals surface area contributed by atoms with E-state index in [0.29, 0.717) is 18.1 Å².